The van der Waals surface area contributed by atoms with Gasteiger partial charge in [-0.15, -0.1) is 0 Å². The Hall–Kier alpha value is -0.0800. The normalized spacial score (nSPS) is 13.2. The first-order chi connectivity index (χ1) is 8.79. The van der Waals surface area contributed by atoms with Crippen LogP contribution in [-0.2, 0) is 0 Å². The van der Waals surface area contributed by atoms with E-state index in [0.717, 1.165) is 13.1 Å². The molecular formula is C16H36N2. The molecule has 0 spiro atoms. The summed E-state index contributed by atoms with van der Waals surface area (Å²) in [7, 11) is 0. The van der Waals surface area contributed by atoms with Gasteiger partial charge in [-0.25, -0.2) is 0 Å². The highest BCUT2D eigenvalue weighted by Gasteiger charge is 2.13. The minimum absolute atomic E-state index is 0.616. The summed E-state index contributed by atoms with van der Waals surface area (Å²) in [5.41, 5.74) is 5.92. The van der Waals surface area contributed by atoms with Crippen LogP contribution in [0.1, 0.15) is 78.6 Å². The number of unbranched alkanes of at least 4 members (excludes halogenated alkanes) is 6. The van der Waals surface area contributed by atoms with Crippen LogP contribution in [-0.4, -0.2) is 30.6 Å². The van der Waals surface area contributed by atoms with Gasteiger partial charge < -0.3 is 5.73 Å². The van der Waals surface area contributed by atoms with Crippen molar-refractivity contribution in [2.45, 2.75) is 84.6 Å². The van der Waals surface area contributed by atoms with E-state index in [1.165, 1.54) is 64.3 Å². The zero-order valence-corrected chi connectivity index (χ0v) is 13.1. The summed E-state index contributed by atoms with van der Waals surface area (Å²) in [5.74, 6) is 0. The predicted octanol–water partition coefficient (Wildman–Crippen LogP) is 4.19. The molecule has 1 atom stereocenters. The number of nitrogens with two attached hydrogens (primary N) is 1. The summed E-state index contributed by atoms with van der Waals surface area (Å²) in [6, 6.07) is 0.616. The van der Waals surface area contributed by atoms with Crippen molar-refractivity contribution in [3.05, 3.63) is 0 Å². The van der Waals surface area contributed by atoms with Crippen LogP contribution in [0.2, 0.25) is 0 Å². The molecule has 2 N–H and O–H groups in total. The molecule has 110 valence electrons. The van der Waals surface area contributed by atoms with Crippen LogP contribution in [0, 0.1) is 0 Å². The lowest BCUT2D eigenvalue weighted by Gasteiger charge is -2.29. The second-order valence-electron chi connectivity index (χ2n) is 5.43. The molecule has 2 nitrogen and oxygen atoms in total. The Balaban J connectivity index is 3.59. The highest BCUT2D eigenvalue weighted by molar-refractivity contribution is 4.71. The molecule has 2 heteroatoms. The van der Waals surface area contributed by atoms with Crippen LogP contribution in [0.3, 0.4) is 0 Å². The van der Waals surface area contributed by atoms with Gasteiger partial charge in [0.05, 0.1) is 0 Å². The lowest BCUT2D eigenvalue weighted by Crippen LogP contribution is -2.40. The molecule has 1 unspecified atom stereocenters. The van der Waals surface area contributed by atoms with Crippen molar-refractivity contribution < 1.29 is 0 Å². The van der Waals surface area contributed by atoms with Crippen LogP contribution in [0.15, 0.2) is 0 Å². The van der Waals surface area contributed by atoms with E-state index < -0.39 is 0 Å². The fourth-order valence-electron chi connectivity index (χ4n) is 2.67. The van der Waals surface area contributed by atoms with Crippen LogP contribution < -0.4 is 5.73 Å². The van der Waals surface area contributed by atoms with Crippen LogP contribution in [0.4, 0.5) is 0 Å². The molecule has 0 aromatic heterocycles. The number of nitrogens with zero attached hydrogens (tertiary/aromatic N) is 1. The minimum Gasteiger partial charge on any atom is -0.329 e. The zero-order chi connectivity index (χ0) is 13.6. The Morgan fingerprint density at radius 2 is 1.44 bits per heavy atom. The largest absolute Gasteiger partial charge is 0.329 e. The van der Waals surface area contributed by atoms with Crippen molar-refractivity contribution in [2.24, 2.45) is 5.73 Å². The quantitative estimate of drug-likeness (QED) is 0.501. The first-order valence-corrected chi connectivity index (χ1v) is 8.24. The van der Waals surface area contributed by atoms with Gasteiger partial charge in [0.25, 0.3) is 0 Å². The molecule has 0 saturated heterocycles. The first-order valence-electron chi connectivity index (χ1n) is 8.24. The standard InChI is InChI=1S/C16H36N2/c1-4-7-8-9-10-11-12-13-16(15-17)18(6-3)14-5-2/h16H,4-15,17H2,1-3H3. The molecule has 0 aromatic carbocycles. The fourth-order valence-corrected chi connectivity index (χ4v) is 2.67. The molecule has 0 saturated carbocycles. The summed E-state index contributed by atoms with van der Waals surface area (Å²) in [4.78, 5) is 2.55. The molecule has 0 aliphatic heterocycles. The van der Waals surface area contributed by atoms with Crippen LogP contribution >= 0.6 is 0 Å². The molecule has 0 rings (SSSR count). The van der Waals surface area contributed by atoms with Crippen molar-refractivity contribution in [3.63, 3.8) is 0 Å². The van der Waals surface area contributed by atoms with E-state index in [4.69, 9.17) is 5.73 Å². The van der Waals surface area contributed by atoms with Gasteiger partial charge in [0.15, 0.2) is 0 Å². The average molecular weight is 256 g/mol. The highest BCUT2D eigenvalue weighted by Crippen LogP contribution is 2.12. The maximum absolute atomic E-state index is 5.92. The Morgan fingerprint density at radius 3 is 1.94 bits per heavy atom. The van der Waals surface area contributed by atoms with Crippen molar-refractivity contribution in [3.8, 4) is 0 Å². The highest BCUT2D eigenvalue weighted by atomic mass is 15.2. The molecule has 0 aliphatic rings. The summed E-state index contributed by atoms with van der Waals surface area (Å²) in [6.07, 6.45) is 12.3. The fraction of sp³-hybridized carbons (Fsp3) is 1.00. The molecule has 0 heterocycles. The van der Waals surface area contributed by atoms with Crippen LogP contribution in [0.25, 0.3) is 0 Å². The number of rotatable bonds is 13. The number of likely N-dealkylation sites (N-methyl/N-ethyl adjacent to an activating group) is 1. The number of hydrogen-bond donors (Lipinski definition) is 1. The Labute approximate surface area is 115 Å². The van der Waals surface area contributed by atoms with Gasteiger partial charge in [0.1, 0.15) is 0 Å². The second-order valence-corrected chi connectivity index (χ2v) is 5.43. The molecule has 0 radical (unpaired) electrons. The van der Waals surface area contributed by atoms with E-state index in [1.807, 2.05) is 0 Å². The lowest BCUT2D eigenvalue weighted by molar-refractivity contribution is 0.197. The smallest absolute Gasteiger partial charge is 0.0218 e. The van der Waals surface area contributed by atoms with E-state index in [2.05, 4.69) is 25.7 Å². The molecule has 0 aliphatic carbocycles. The van der Waals surface area contributed by atoms with Gasteiger partial charge in [-0.2, -0.15) is 0 Å². The monoisotopic (exact) mass is 256 g/mol. The topological polar surface area (TPSA) is 29.3 Å². The van der Waals surface area contributed by atoms with Crippen molar-refractivity contribution >= 4 is 0 Å². The van der Waals surface area contributed by atoms with Gasteiger partial charge in [-0.3, -0.25) is 4.90 Å². The molecule has 0 bridgehead atoms. The van der Waals surface area contributed by atoms with E-state index in [1.54, 1.807) is 0 Å². The Bertz CT molecular complexity index is 159. The third-order valence-electron chi connectivity index (χ3n) is 3.85. The van der Waals surface area contributed by atoms with Crippen LogP contribution in [0.5, 0.6) is 0 Å². The Morgan fingerprint density at radius 1 is 0.833 bits per heavy atom. The third kappa shape index (κ3) is 8.93. The maximum atomic E-state index is 5.92. The second kappa shape index (κ2) is 13.4. The first kappa shape index (κ1) is 17.9. The maximum Gasteiger partial charge on any atom is 0.0218 e. The minimum atomic E-state index is 0.616. The molecule has 18 heavy (non-hydrogen) atoms. The van der Waals surface area contributed by atoms with E-state index in [9.17, 15) is 0 Å². The average Bonchev–Trinajstić information content (AvgIpc) is 2.40. The predicted molar refractivity (Wildman–Crippen MR) is 83.0 cm³/mol. The summed E-state index contributed by atoms with van der Waals surface area (Å²) in [5, 5.41) is 0. The van der Waals surface area contributed by atoms with E-state index in [0.29, 0.717) is 6.04 Å². The van der Waals surface area contributed by atoms with E-state index in [-0.39, 0.29) is 0 Å². The molecule has 0 amide bonds. The molecule has 0 fully saturated rings. The molecule has 0 aromatic rings. The number of hydrogen-bond acceptors (Lipinski definition) is 2. The summed E-state index contributed by atoms with van der Waals surface area (Å²) < 4.78 is 0. The van der Waals surface area contributed by atoms with Gasteiger partial charge >= 0.3 is 0 Å². The van der Waals surface area contributed by atoms with Gasteiger partial charge in [0.2, 0.25) is 0 Å². The Kier molecular flexibility index (Phi) is 13.3. The van der Waals surface area contributed by atoms with Gasteiger partial charge in [-0.1, -0.05) is 65.7 Å². The van der Waals surface area contributed by atoms with Gasteiger partial charge in [0, 0.05) is 12.6 Å². The van der Waals surface area contributed by atoms with E-state index >= 15 is 0 Å². The third-order valence-corrected chi connectivity index (χ3v) is 3.85. The summed E-state index contributed by atoms with van der Waals surface area (Å²) in [6.45, 7) is 9.96. The van der Waals surface area contributed by atoms with Gasteiger partial charge in [-0.05, 0) is 25.9 Å². The zero-order valence-electron chi connectivity index (χ0n) is 13.1. The van der Waals surface area contributed by atoms with Crippen molar-refractivity contribution in [1.29, 1.82) is 0 Å². The lowest BCUT2D eigenvalue weighted by atomic mass is 10.0. The van der Waals surface area contributed by atoms with Crippen molar-refractivity contribution in [2.75, 3.05) is 19.6 Å². The SMILES string of the molecule is CCCCCCCCCC(CN)N(CC)CCC. The summed E-state index contributed by atoms with van der Waals surface area (Å²) >= 11 is 0. The van der Waals surface area contributed by atoms with Crippen molar-refractivity contribution in [1.82, 2.24) is 4.90 Å². The molecular weight excluding hydrogens is 220 g/mol.